The maximum absolute atomic E-state index is 12.3. The molecule has 0 aliphatic carbocycles. The summed E-state index contributed by atoms with van der Waals surface area (Å²) in [6, 6.07) is 11.4. The zero-order valence-electron chi connectivity index (χ0n) is 15.3. The van der Waals surface area contributed by atoms with Gasteiger partial charge in [-0.15, -0.1) is 0 Å². The van der Waals surface area contributed by atoms with Gasteiger partial charge >= 0.3 is 0 Å². The minimum atomic E-state index is -0.323. The molecule has 1 N–H and O–H groups in total. The van der Waals surface area contributed by atoms with Crippen molar-refractivity contribution in [1.82, 2.24) is 19.8 Å². The fourth-order valence-electron chi connectivity index (χ4n) is 2.56. The molecule has 3 aromatic rings. The molecule has 2 amide bonds. The summed E-state index contributed by atoms with van der Waals surface area (Å²) in [4.78, 5) is 25.6. The lowest BCUT2D eigenvalue weighted by molar-refractivity contribution is -0.133. The van der Waals surface area contributed by atoms with E-state index < -0.39 is 0 Å². The van der Waals surface area contributed by atoms with E-state index in [1.165, 1.54) is 4.90 Å². The van der Waals surface area contributed by atoms with Crippen LogP contribution >= 0.6 is 0 Å². The summed E-state index contributed by atoms with van der Waals surface area (Å²) < 4.78 is 6.66. The molecule has 0 aliphatic heterocycles. The van der Waals surface area contributed by atoms with Crippen molar-refractivity contribution in [3.8, 4) is 5.69 Å². The number of amides is 2. The first-order valence-corrected chi connectivity index (χ1v) is 8.57. The molecular formula is C19H21N5O3. The molecule has 0 bridgehead atoms. The molecule has 0 spiro atoms. The number of hydrogen-bond acceptors (Lipinski definition) is 5. The van der Waals surface area contributed by atoms with E-state index in [-0.39, 0.29) is 18.4 Å². The smallest absolute Gasteiger partial charge is 0.245 e. The number of nitrogens with one attached hydrogen (secondary N) is 1. The monoisotopic (exact) mass is 367 g/mol. The Labute approximate surface area is 156 Å². The molecule has 0 saturated carbocycles. The average Bonchev–Trinajstić information content (AvgIpc) is 3.29. The van der Waals surface area contributed by atoms with E-state index in [0.717, 1.165) is 11.3 Å². The summed E-state index contributed by atoms with van der Waals surface area (Å²) in [7, 11) is 1.60. The highest BCUT2D eigenvalue weighted by molar-refractivity contribution is 5.93. The number of carbonyl (C=O) groups is 2. The van der Waals surface area contributed by atoms with Crippen LogP contribution in [-0.4, -0.2) is 45.2 Å². The number of likely N-dealkylation sites (N-methyl/N-ethyl adjacent to an activating group) is 1. The van der Waals surface area contributed by atoms with Gasteiger partial charge in [-0.3, -0.25) is 9.59 Å². The molecule has 2 heterocycles. The SMILES string of the molecule is Cc1cc(NC(=O)CN(C)C(=O)CCc2cnn(-c3ccccc3)c2)no1. The Morgan fingerprint density at radius 1 is 1.26 bits per heavy atom. The maximum atomic E-state index is 12.3. The topological polar surface area (TPSA) is 93.3 Å². The third-order valence-electron chi connectivity index (χ3n) is 3.99. The van der Waals surface area contributed by atoms with Crippen molar-refractivity contribution < 1.29 is 14.1 Å². The van der Waals surface area contributed by atoms with Gasteiger partial charge in [0.2, 0.25) is 11.8 Å². The molecule has 0 unspecified atom stereocenters. The third-order valence-corrected chi connectivity index (χ3v) is 3.99. The Morgan fingerprint density at radius 2 is 2.04 bits per heavy atom. The Bertz CT molecular complexity index is 916. The third kappa shape index (κ3) is 5.04. The highest BCUT2D eigenvalue weighted by atomic mass is 16.5. The predicted octanol–water partition coefficient (Wildman–Crippen LogP) is 2.20. The standard InChI is InChI=1S/C19H21N5O3/c1-14-10-17(22-27-14)21-18(25)13-23(2)19(26)9-8-15-11-20-24(12-15)16-6-4-3-5-7-16/h3-7,10-12H,8-9,13H2,1-2H3,(H,21,22,25). The fourth-order valence-corrected chi connectivity index (χ4v) is 2.56. The van der Waals surface area contributed by atoms with Gasteiger partial charge in [0.25, 0.3) is 0 Å². The second-order valence-corrected chi connectivity index (χ2v) is 6.25. The van der Waals surface area contributed by atoms with Crippen molar-refractivity contribution in [3.63, 3.8) is 0 Å². The van der Waals surface area contributed by atoms with Crippen molar-refractivity contribution in [1.29, 1.82) is 0 Å². The second-order valence-electron chi connectivity index (χ2n) is 6.25. The molecule has 0 radical (unpaired) electrons. The second kappa shape index (κ2) is 8.31. The fraction of sp³-hybridized carbons (Fsp3) is 0.263. The Balaban J connectivity index is 1.47. The number of aromatic nitrogens is 3. The van der Waals surface area contributed by atoms with E-state index in [9.17, 15) is 9.59 Å². The zero-order valence-corrected chi connectivity index (χ0v) is 15.3. The zero-order chi connectivity index (χ0) is 19.2. The van der Waals surface area contributed by atoms with Crippen LogP contribution < -0.4 is 5.32 Å². The van der Waals surface area contributed by atoms with Crippen LogP contribution in [-0.2, 0) is 16.0 Å². The molecule has 8 heteroatoms. The number of para-hydroxylation sites is 1. The van der Waals surface area contributed by atoms with E-state index in [1.807, 2.05) is 36.5 Å². The van der Waals surface area contributed by atoms with Crippen molar-refractivity contribution in [3.05, 3.63) is 60.1 Å². The van der Waals surface area contributed by atoms with Gasteiger partial charge in [-0.1, -0.05) is 23.4 Å². The Hall–Kier alpha value is -3.42. The van der Waals surface area contributed by atoms with Crippen LogP contribution in [0.5, 0.6) is 0 Å². The molecule has 0 aliphatic rings. The van der Waals surface area contributed by atoms with Crippen LogP contribution in [0, 0.1) is 6.92 Å². The predicted molar refractivity (Wildman–Crippen MR) is 99.4 cm³/mol. The van der Waals surface area contributed by atoms with Gasteiger partial charge in [0.15, 0.2) is 5.82 Å². The summed E-state index contributed by atoms with van der Waals surface area (Å²) in [6.07, 6.45) is 4.51. The van der Waals surface area contributed by atoms with Gasteiger partial charge in [0.1, 0.15) is 5.76 Å². The van der Waals surface area contributed by atoms with Crippen LogP contribution in [0.1, 0.15) is 17.7 Å². The number of hydrogen-bond donors (Lipinski definition) is 1. The number of aryl methyl sites for hydroxylation is 2. The minimum Gasteiger partial charge on any atom is -0.360 e. The molecule has 8 nitrogen and oxygen atoms in total. The molecule has 2 aromatic heterocycles. The number of rotatable bonds is 7. The summed E-state index contributed by atoms with van der Waals surface area (Å²) in [5.74, 6) is 0.502. The van der Waals surface area contributed by atoms with E-state index in [4.69, 9.17) is 4.52 Å². The first-order valence-electron chi connectivity index (χ1n) is 8.57. The summed E-state index contributed by atoms with van der Waals surface area (Å²) in [5, 5.41) is 10.6. The van der Waals surface area contributed by atoms with Crippen LogP contribution in [0.25, 0.3) is 5.69 Å². The van der Waals surface area contributed by atoms with Crippen LogP contribution in [0.4, 0.5) is 5.82 Å². The largest absolute Gasteiger partial charge is 0.360 e. The van der Waals surface area contributed by atoms with Gasteiger partial charge in [0.05, 0.1) is 18.4 Å². The lowest BCUT2D eigenvalue weighted by atomic mass is 10.2. The normalized spacial score (nSPS) is 10.6. The number of anilines is 1. The van der Waals surface area contributed by atoms with Gasteiger partial charge in [0, 0.05) is 25.7 Å². The van der Waals surface area contributed by atoms with Gasteiger partial charge in [-0.05, 0) is 31.0 Å². The molecule has 140 valence electrons. The number of benzene rings is 1. The van der Waals surface area contributed by atoms with Crippen LogP contribution in [0.3, 0.4) is 0 Å². The lowest BCUT2D eigenvalue weighted by Gasteiger charge is -2.16. The molecule has 0 fully saturated rings. The Morgan fingerprint density at radius 3 is 2.74 bits per heavy atom. The Kier molecular flexibility index (Phi) is 5.65. The molecular weight excluding hydrogens is 346 g/mol. The minimum absolute atomic E-state index is 0.0476. The average molecular weight is 367 g/mol. The number of carbonyl (C=O) groups excluding carboxylic acids is 2. The molecule has 0 saturated heterocycles. The molecule has 1 aromatic carbocycles. The molecule has 0 atom stereocenters. The van der Waals surface area contributed by atoms with E-state index in [0.29, 0.717) is 24.4 Å². The number of nitrogens with zero attached hydrogens (tertiary/aromatic N) is 4. The quantitative estimate of drug-likeness (QED) is 0.691. The molecule has 3 rings (SSSR count). The summed E-state index contributed by atoms with van der Waals surface area (Å²) >= 11 is 0. The first kappa shape index (κ1) is 18.4. The van der Waals surface area contributed by atoms with Crippen molar-refractivity contribution in [2.75, 3.05) is 18.9 Å². The van der Waals surface area contributed by atoms with Crippen molar-refractivity contribution >= 4 is 17.6 Å². The highest BCUT2D eigenvalue weighted by Gasteiger charge is 2.14. The van der Waals surface area contributed by atoms with Crippen molar-refractivity contribution in [2.45, 2.75) is 19.8 Å². The van der Waals surface area contributed by atoms with Gasteiger partial charge in [-0.25, -0.2) is 4.68 Å². The highest BCUT2D eigenvalue weighted by Crippen LogP contribution is 2.10. The van der Waals surface area contributed by atoms with E-state index >= 15 is 0 Å². The lowest BCUT2D eigenvalue weighted by Crippen LogP contribution is -2.35. The maximum Gasteiger partial charge on any atom is 0.245 e. The summed E-state index contributed by atoms with van der Waals surface area (Å²) in [5.41, 5.74) is 1.93. The molecule has 27 heavy (non-hydrogen) atoms. The summed E-state index contributed by atoms with van der Waals surface area (Å²) in [6.45, 7) is 1.69. The van der Waals surface area contributed by atoms with Crippen LogP contribution in [0.15, 0.2) is 53.3 Å². The van der Waals surface area contributed by atoms with Gasteiger partial charge in [-0.2, -0.15) is 5.10 Å². The van der Waals surface area contributed by atoms with E-state index in [1.54, 1.807) is 30.9 Å². The van der Waals surface area contributed by atoms with Crippen LogP contribution in [0.2, 0.25) is 0 Å². The van der Waals surface area contributed by atoms with E-state index in [2.05, 4.69) is 15.6 Å². The van der Waals surface area contributed by atoms with Crippen molar-refractivity contribution in [2.24, 2.45) is 0 Å². The van der Waals surface area contributed by atoms with Gasteiger partial charge < -0.3 is 14.7 Å². The first-order chi connectivity index (χ1) is 13.0.